The average Bonchev–Trinajstić information content (AvgIpc) is 3.55. The van der Waals surface area contributed by atoms with Gasteiger partial charge in [-0.15, -0.1) is 0 Å². The number of rotatable bonds is 7. The van der Waals surface area contributed by atoms with Crippen molar-refractivity contribution < 1.29 is 9.90 Å². The summed E-state index contributed by atoms with van der Waals surface area (Å²) in [5, 5.41) is 28.3. The highest BCUT2D eigenvalue weighted by Crippen LogP contribution is 2.26. The number of aromatic amines is 1. The maximum Gasteiger partial charge on any atom is 0.252 e. The SMILES string of the molecule is Cc1cc(Nc2cc(C)[nH]n2)nc(N2CCC(O)(C(=O)NCc3ccc(-n4cccn4)nc3)CC2)n1. The minimum Gasteiger partial charge on any atom is -0.380 e. The Morgan fingerprint density at radius 3 is 2.67 bits per heavy atom. The van der Waals surface area contributed by atoms with Crippen molar-refractivity contribution >= 4 is 23.5 Å². The molecule has 4 aromatic heterocycles. The molecule has 1 saturated heterocycles. The monoisotopic (exact) mass is 488 g/mol. The van der Waals surface area contributed by atoms with E-state index in [0.29, 0.717) is 36.5 Å². The van der Waals surface area contributed by atoms with E-state index in [9.17, 15) is 9.90 Å². The molecule has 1 aliphatic heterocycles. The molecule has 0 aliphatic carbocycles. The molecule has 12 nitrogen and oxygen atoms in total. The van der Waals surface area contributed by atoms with Crippen LogP contribution in [0.3, 0.4) is 0 Å². The third-order valence-electron chi connectivity index (χ3n) is 6.10. The molecule has 0 atom stereocenters. The second-order valence-corrected chi connectivity index (χ2v) is 8.93. The van der Waals surface area contributed by atoms with E-state index in [1.54, 1.807) is 17.1 Å². The van der Waals surface area contributed by atoms with E-state index in [1.807, 2.05) is 55.3 Å². The maximum absolute atomic E-state index is 12.8. The fourth-order valence-electron chi connectivity index (χ4n) is 4.08. The van der Waals surface area contributed by atoms with E-state index >= 15 is 0 Å². The Balaban J connectivity index is 1.17. The zero-order valence-electron chi connectivity index (χ0n) is 20.1. The van der Waals surface area contributed by atoms with Gasteiger partial charge in [0.2, 0.25) is 5.95 Å². The zero-order chi connectivity index (χ0) is 25.1. The number of amides is 1. The van der Waals surface area contributed by atoms with Crippen LogP contribution in [0.4, 0.5) is 17.6 Å². The van der Waals surface area contributed by atoms with Crippen LogP contribution in [0.2, 0.25) is 0 Å². The molecule has 1 fully saturated rings. The van der Waals surface area contributed by atoms with Gasteiger partial charge in [0.25, 0.3) is 5.91 Å². The lowest BCUT2D eigenvalue weighted by Gasteiger charge is -2.37. The standard InChI is InChI=1S/C24H28N10O2/c1-16-12-19(29-20-13-17(2)31-32-20)30-23(28-16)33-10-6-24(36,7-11-33)22(35)26-15-18-4-5-21(25-14-18)34-9-3-8-27-34/h3-5,8-9,12-14,36H,6-7,10-11,15H2,1-2H3,(H,26,35)(H2,28,29,30,31,32). The van der Waals surface area contributed by atoms with Crippen LogP contribution in [-0.2, 0) is 11.3 Å². The van der Waals surface area contributed by atoms with Crippen LogP contribution in [0.25, 0.3) is 5.82 Å². The van der Waals surface area contributed by atoms with Crippen molar-refractivity contribution in [1.82, 2.24) is 40.2 Å². The highest BCUT2D eigenvalue weighted by molar-refractivity contribution is 5.85. The third kappa shape index (κ3) is 5.18. The number of H-pyrrole nitrogens is 1. The molecular formula is C24H28N10O2. The number of hydrogen-bond acceptors (Lipinski definition) is 9. The fourth-order valence-corrected chi connectivity index (χ4v) is 4.08. The number of aryl methyl sites for hydroxylation is 2. The number of anilines is 3. The lowest BCUT2D eigenvalue weighted by molar-refractivity contribution is -0.142. The molecule has 4 aromatic rings. The van der Waals surface area contributed by atoms with Crippen LogP contribution in [-0.4, -0.2) is 64.6 Å². The van der Waals surface area contributed by atoms with E-state index in [2.05, 4.69) is 40.9 Å². The number of carbonyl (C=O) groups is 1. The Bertz CT molecular complexity index is 1330. The molecule has 36 heavy (non-hydrogen) atoms. The normalized spacial score (nSPS) is 15.0. The maximum atomic E-state index is 12.8. The summed E-state index contributed by atoms with van der Waals surface area (Å²) in [4.78, 5) is 28.3. The van der Waals surface area contributed by atoms with E-state index in [-0.39, 0.29) is 25.3 Å². The van der Waals surface area contributed by atoms with Gasteiger partial charge < -0.3 is 20.6 Å². The Hall–Kier alpha value is -4.32. The van der Waals surface area contributed by atoms with Crippen molar-refractivity contribution in [1.29, 1.82) is 0 Å². The smallest absolute Gasteiger partial charge is 0.252 e. The van der Waals surface area contributed by atoms with Crippen LogP contribution in [0.5, 0.6) is 0 Å². The fraction of sp³-hybridized carbons (Fsp3) is 0.333. The van der Waals surface area contributed by atoms with Crippen molar-refractivity contribution in [2.75, 3.05) is 23.3 Å². The quantitative estimate of drug-likeness (QED) is 0.305. The second-order valence-electron chi connectivity index (χ2n) is 8.93. The Kier molecular flexibility index (Phi) is 6.34. The first-order chi connectivity index (χ1) is 17.4. The van der Waals surface area contributed by atoms with Gasteiger partial charge in [-0.05, 0) is 31.5 Å². The van der Waals surface area contributed by atoms with Gasteiger partial charge >= 0.3 is 0 Å². The molecule has 0 radical (unpaired) electrons. The summed E-state index contributed by atoms with van der Waals surface area (Å²) in [6, 6.07) is 9.27. The van der Waals surface area contributed by atoms with Crippen LogP contribution in [0.15, 0.2) is 48.9 Å². The summed E-state index contributed by atoms with van der Waals surface area (Å²) in [7, 11) is 0. The summed E-state index contributed by atoms with van der Waals surface area (Å²) in [6.07, 6.45) is 5.73. The number of piperidine rings is 1. The van der Waals surface area contributed by atoms with Crippen molar-refractivity contribution in [3.63, 3.8) is 0 Å². The Morgan fingerprint density at radius 1 is 1.17 bits per heavy atom. The molecule has 0 spiro atoms. The number of hydrogen-bond donors (Lipinski definition) is 4. The number of nitrogens with one attached hydrogen (secondary N) is 3. The number of aliphatic hydroxyl groups is 1. The zero-order valence-corrected chi connectivity index (χ0v) is 20.1. The number of aromatic nitrogens is 7. The molecule has 0 unspecified atom stereocenters. The van der Waals surface area contributed by atoms with Crippen LogP contribution in [0.1, 0.15) is 29.8 Å². The predicted molar refractivity (Wildman–Crippen MR) is 133 cm³/mol. The lowest BCUT2D eigenvalue weighted by Crippen LogP contribution is -2.54. The van der Waals surface area contributed by atoms with E-state index in [1.165, 1.54) is 0 Å². The average molecular weight is 489 g/mol. The Morgan fingerprint density at radius 2 is 2.00 bits per heavy atom. The summed E-state index contributed by atoms with van der Waals surface area (Å²) in [6.45, 7) is 5.01. The number of carbonyl (C=O) groups excluding carboxylic acids is 1. The first kappa shape index (κ1) is 23.4. The largest absolute Gasteiger partial charge is 0.380 e. The highest BCUT2D eigenvalue weighted by Gasteiger charge is 2.39. The number of pyridine rings is 1. The summed E-state index contributed by atoms with van der Waals surface area (Å²) >= 11 is 0. The van der Waals surface area contributed by atoms with Crippen molar-refractivity contribution in [2.24, 2.45) is 0 Å². The molecule has 4 N–H and O–H groups in total. The number of nitrogens with zero attached hydrogens (tertiary/aromatic N) is 7. The molecule has 0 bridgehead atoms. The lowest BCUT2D eigenvalue weighted by atomic mass is 9.90. The van der Waals surface area contributed by atoms with E-state index < -0.39 is 5.60 Å². The van der Waals surface area contributed by atoms with Gasteiger partial charge in [-0.2, -0.15) is 15.2 Å². The van der Waals surface area contributed by atoms with Crippen molar-refractivity contribution in [3.05, 3.63) is 65.9 Å². The molecule has 0 aromatic carbocycles. The summed E-state index contributed by atoms with van der Waals surface area (Å²) < 4.78 is 1.66. The molecule has 12 heteroatoms. The molecular weight excluding hydrogens is 460 g/mol. The Labute approximate surface area is 207 Å². The van der Waals surface area contributed by atoms with Crippen LogP contribution >= 0.6 is 0 Å². The van der Waals surface area contributed by atoms with Crippen LogP contribution < -0.4 is 15.5 Å². The predicted octanol–water partition coefficient (Wildman–Crippen LogP) is 1.79. The first-order valence-electron chi connectivity index (χ1n) is 11.7. The van der Waals surface area contributed by atoms with Crippen molar-refractivity contribution in [2.45, 2.75) is 38.8 Å². The van der Waals surface area contributed by atoms with E-state index in [0.717, 1.165) is 17.0 Å². The van der Waals surface area contributed by atoms with E-state index in [4.69, 9.17) is 0 Å². The summed E-state index contributed by atoms with van der Waals surface area (Å²) in [5.74, 6) is 2.16. The molecule has 1 amide bonds. The van der Waals surface area contributed by atoms with Gasteiger partial charge in [0, 0.05) is 74.6 Å². The first-order valence-corrected chi connectivity index (χ1v) is 11.7. The van der Waals surface area contributed by atoms with Gasteiger partial charge in [0.1, 0.15) is 11.4 Å². The molecule has 0 saturated carbocycles. The van der Waals surface area contributed by atoms with Gasteiger partial charge in [-0.25, -0.2) is 14.6 Å². The molecule has 186 valence electrons. The molecule has 5 rings (SSSR count). The second kappa shape index (κ2) is 9.74. The minimum atomic E-state index is -1.45. The van der Waals surface area contributed by atoms with Gasteiger partial charge in [-0.3, -0.25) is 9.89 Å². The molecule has 5 heterocycles. The third-order valence-corrected chi connectivity index (χ3v) is 6.10. The van der Waals surface area contributed by atoms with Gasteiger partial charge in [0.05, 0.1) is 0 Å². The van der Waals surface area contributed by atoms with Crippen molar-refractivity contribution in [3.8, 4) is 5.82 Å². The van der Waals surface area contributed by atoms with Crippen LogP contribution in [0, 0.1) is 13.8 Å². The molecule has 1 aliphatic rings. The highest BCUT2D eigenvalue weighted by atomic mass is 16.3. The van der Waals surface area contributed by atoms with Gasteiger partial charge in [0.15, 0.2) is 11.6 Å². The minimum absolute atomic E-state index is 0.272. The topological polar surface area (TPSA) is 150 Å². The van der Waals surface area contributed by atoms with Gasteiger partial charge in [-0.1, -0.05) is 6.07 Å². The summed E-state index contributed by atoms with van der Waals surface area (Å²) in [5.41, 5.74) is 1.14.